The highest BCUT2D eigenvalue weighted by molar-refractivity contribution is 5.97. The van der Waals surface area contributed by atoms with Crippen LogP contribution in [0.2, 0.25) is 0 Å². The molecule has 1 aliphatic rings. The number of nitrogen functional groups attached to an aromatic ring is 1. The molecule has 0 atom stereocenters. The third kappa shape index (κ3) is 2.40. The number of aromatic nitrogens is 1. The number of hydrogen-bond donors (Lipinski definition) is 2. The number of fused-ring (bicyclic) bond motifs is 1. The first-order valence-corrected chi connectivity index (χ1v) is 6.18. The molecule has 0 amide bonds. The Bertz CT molecular complexity index is 703. The lowest BCUT2D eigenvalue weighted by Gasteiger charge is -2.11. The third-order valence-corrected chi connectivity index (χ3v) is 3.03. The zero-order valence-electron chi connectivity index (χ0n) is 11.3. The second-order valence-electron chi connectivity index (χ2n) is 4.31. The first kappa shape index (κ1) is 13.0. The van der Waals surface area contributed by atoms with Gasteiger partial charge in [0.2, 0.25) is 6.79 Å². The van der Waals surface area contributed by atoms with Gasteiger partial charge in [0.1, 0.15) is 0 Å². The van der Waals surface area contributed by atoms with Crippen LogP contribution in [-0.2, 0) is 4.74 Å². The summed E-state index contributed by atoms with van der Waals surface area (Å²) in [6, 6.07) is 6.87. The van der Waals surface area contributed by atoms with Crippen molar-refractivity contribution in [1.29, 1.82) is 0 Å². The van der Waals surface area contributed by atoms with Crippen molar-refractivity contribution in [2.45, 2.75) is 0 Å². The van der Waals surface area contributed by atoms with Gasteiger partial charge in [-0.25, -0.2) is 9.78 Å². The Morgan fingerprint density at radius 1 is 1.33 bits per heavy atom. The molecule has 0 aliphatic carbocycles. The number of nitrogens with one attached hydrogen (secondary N) is 1. The average molecular weight is 287 g/mol. The second kappa shape index (κ2) is 5.20. The lowest BCUT2D eigenvalue weighted by atomic mass is 10.2. The molecule has 0 bridgehead atoms. The molecule has 108 valence electrons. The van der Waals surface area contributed by atoms with Gasteiger partial charge >= 0.3 is 5.97 Å². The number of esters is 1. The Labute approximate surface area is 120 Å². The second-order valence-corrected chi connectivity index (χ2v) is 4.31. The first-order chi connectivity index (χ1) is 10.2. The van der Waals surface area contributed by atoms with E-state index in [1.54, 1.807) is 18.2 Å². The lowest BCUT2D eigenvalue weighted by Crippen LogP contribution is -2.09. The Kier molecular flexibility index (Phi) is 3.23. The van der Waals surface area contributed by atoms with Crippen molar-refractivity contribution in [2.75, 3.05) is 25.0 Å². The molecule has 0 unspecified atom stereocenters. The van der Waals surface area contributed by atoms with Crippen LogP contribution in [0.25, 0.3) is 0 Å². The molecule has 0 spiro atoms. The number of carbonyl (C=O) groups is 1. The van der Waals surface area contributed by atoms with Crippen LogP contribution in [0.3, 0.4) is 0 Å². The number of nitrogens with zero attached hydrogens (tertiary/aromatic N) is 1. The predicted molar refractivity (Wildman–Crippen MR) is 75.8 cm³/mol. The van der Waals surface area contributed by atoms with Crippen LogP contribution >= 0.6 is 0 Å². The zero-order valence-corrected chi connectivity index (χ0v) is 11.3. The SMILES string of the molecule is COC(=O)c1ccnc(Nc2ccc3c(c2)OCO3)c1N. The van der Waals surface area contributed by atoms with Gasteiger partial charge in [-0.2, -0.15) is 0 Å². The molecule has 7 nitrogen and oxygen atoms in total. The quantitative estimate of drug-likeness (QED) is 0.832. The maximum Gasteiger partial charge on any atom is 0.340 e. The molecular weight excluding hydrogens is 274 g/mol. The summed E-state index contributed by atoms with van der Waals surface area (Å²) in [5, 5.41) is 3.04. The van der Waals surface area contributed by atoms with Gasteiger partial charge in [0.25, 0.3) is 0 Å². The van der Waals surface area contributed by atoms with E-state index >= 15 is 0 Å². The minimum atomic E-state index is -0.511. The van der Waals surface area contributed by atoms with E-state index in [1.165, 1.54) is 19.4 Å². The number of hydrogen-bond acceptors (Lipinski definition) is 7. The molecule has 1 aromatic heterocycles. The molecule has 0 saturated heterocycles. The maximum atomic E-state index is 11.6. The molecular formula is C14H13N3O4. The van der Waals surface area contributed by atoms with Crippen molar-refractivity contribution in [3.8, 4) is 11.5 Å². The van der Waals surface area contributed by atoms with Crippen molar-refractivity contribution >= 4 is 23.2 Å². The van der Waals surface area contributed by atoms with E-state index < -0.39 is 5.97 Å². The number of nitrogens with two attached hydrogens (primary N) is 1. The molecule has 21 heavy (non-hydrogen) atoms. The summed E-state index contributed by atoms with van der Waals surface area (Å²) in [5.74, 6) is 1.19. The van der Waals surface area contributed by atoms with Crippen molar-refractivity contribution in [3.05, 3.63) is 36.0 Å². The average Bonchev–Trinajstić information content (AvgIpc) is 2.96. The van der Waals surface area contributed by atoms with Gasteiger partial charge in [0, 0.05) is 18.0 Å². The highest BCUT2D eigenvalue weighted by Gasteiger charge is 2.16. The van der Waals surface area contributed by atoms with Crippen LogP contribution in [-0.4, -0.2) is 24.9 Å². The number of benzene rings is 1. The molecule has 3 N–H and O–H groups in total. The number of anilines is 3. The molecule has 2 heterocycles. The first-order valence-electron chi connectivity index (χ1n) is 6.18. The standard InChI is InChI=1S/C14H13N3O4/c1-19-14(18)9-4-5-16-13(12(9)15)17-8-2-3-10-11(6-8)21-7-20-10/h2-6H,7,15H2,1H3,(H,16,17). The van der Waals surface area contributed by atoms with E-state index in [9.17, 15) is 4.79 Å². The lowest BCUT2D eigenvalue weighted by molar-refractivity contribution is 0.0602. The summed E-state index contributed by atoms with van der Waals surface area (Å²) in [5.41, 5.74) is 7.15. The summed E-state index contributed by atoms with van der Waals surface area (Å²) in [7, 11) is 1.30. The Hall–Kier alpha value is -2.96. The maximum absolute atomic E-state index is 11.6. The van der Waals surface area contributed by atoms with E-state index in [1.807, 2.05) is 0 Å². The summed E-state index contributed by atoms with van der Waals surface area (Å²) >= 11 is 0. The van der Waals surface area contributed by atoms with Crippen molar-refractivity contribution in [3.63, 3.8) is 0 Å². The van der Waals surface area contributed by atoms with E-state index in [-0.39, 0.29) is 18.0 Å². The normalized spacial score (nSPS) is 12.0. The Morgan fingerprint density at radius 2 is 2.14 bits per heavy atom. The van der Waals surface area contributed by atoms with Crippen LogP contribution in [0, 0.1) is 0 Å². The van der Waals surface area contributed by atoms with E-state index in [4.69, 9.17) is 15.2 Å². The summed E-state index contributed by atoms with van der Waals surface area (Å²) in [6.45, 7) is 0.205. The van der Waals surface area contributed by atoms with Crippen LogP contribution in [0.5, 0.6) is 11.5 Å². The van der Waals surface area contributed by atoms with Crippen LogP contribution in [0.15, 0.2) is 30.5 Å². The fourth-order valence-corrected chi connectivity index (χ4v) is 1.97. The van der Waals surface area contributed by atoms with E-state index in [0.717, 1.165) is 5.69 Å². The predicted octanol–water partition coefficient (Wildman–Crippen LogP) is 1.92. The van der Waals surface area contributed by atoms with Crippen molar-refractivity contribution in [1.82, 2.24) is 4.98 Å². The van der Waals surface area contributed by atoms with E-state index in [2.05, 4.69) is 15.0 Å². The molecule has 7 heteroatoms. The number of carbonyl (C=O) groups excluding carboxylic acids is 1. The molecule has 0 saturated carbocycles. The topological polar surface area (TPSA) is 95.7 Å². The number of methoxy groups -OCH3 is 1. The zero-order chi connectivity index (χ0) is 14.8. The molecule has 1 aromatic carbocycles. The minimum absolute atomic E-state index is 0.205. The molecule has 3 rings (SSSR count). The van der Waals surface area contributed by atoms with Gasteiger partial charge in [-0.3, -0.25) is 0 Å². The highest BCUT2D eigenvalue weighted by Crippen LogP contribution is 2.35. The summed E-state index contributed by atoms with van der Waals surface area (Å²) < 4.78 is 15.2. The monoisotopic (exact) mass is 287 g/mol. The van der Waals surface area contributed by atoms with Gasteiger partial charge in [-0.05, 0) is 18.2 Å². The number of rotatable bonds is 3. The molecule has 0 fully saturated rings. The van der Waals surface area contributed by atoms with Gasteiger partial charge in [0.05, 0.1) is 18.4 Å². The van der Waals surface area contributed by atoms with Gasteiger partial charge in [-0.15, -0.1) is 0 Å². The Balaban J connectivity index is 1.90. The summed E-state index contributed by atoms with van der Waals surface area (Å²) in [6.07, 6.45) is 1.48. The van der Waals surface area contributed by atoms with Crippen molar-refractivity contribution in [2.24, 2.45) is 0 Å². The van der Waals surface area contributed by atoms with E-state index in [0.29, 0.717) is 17.3 Å². The third-order valence-electron chi connectivity index (χ3n) is 3.03. The number of pyridine rings is 1. The summed E-state index contributed by atoms with van der Waals surface area (Å²) in [4.78, 5) is 15.7. The van der Waals surface area contributed by atoms with Gasteiger partial charge < -0.3 is 25.3 Å². The Morgan fingerprint density at radius 3 is 2.95 bits per heavy atom. The highest BCUT2D eigenvalue weighted by atomic mass is 16.7. The van der Waals surface area contributed by atoms with Gasteiger partial charge in [-0.1, -0.05) is 0 Å². The largest absolute Gasteiger partial charge is 0.465 e. The minimum Gasteiger partial charge on any atom is -0.465 e. The number of ether oxygens (including phenoxy) is 3. The molecule has 2 aromatic rings. The van der Waals surface area contributed by atoms with Crippen LogP contribution < -0.4 is 20.5 Å². The van der Waals surface area contributed by atoms with Gasteiger partial charge in [0.15, 0.2) is 17.3 Å². The smallest absolute Gasteiger partial charge is 0.340 e. The fraction of sp³-hybridized carbons (Fsp3) is 0.143. The van der Waals surface area contributed by atoms with Crippen molar-refractivity contribution < 1.29 is 19.0 Å². The van der Waals surface area contributed by atoms with Crippen LogP contribution in [0.4, 0.5) is 17.2 Å². The van der Waals surface area contributed by atoms with Crippen LogP contribution in [0.1, 0.15) is 10.4 Å². The fourth-order valence-electron chi connectivity index (χ4n) is 1.97. The molecule has 0 radical (unpaired) electrons. The molecule has 1 aliphatic heterocycles.